The molecule has 10 aromatic rings. The first-order chi connectivity index (χ1) is 35.6. The normalized spacial score (nSPS) is 11.2. The van der Waals surface area contributed by atoms with Crippen LogP contribution < -0.4 is 38.2 Å². The summed E-state index contributed by atoms with van der Waals surface area (Å²) in [6.07, 6.45) is 6.56. The molecule has 8 nitrogen and oxygen atoms in total. The number of unbranched alkanes of at least 4 members (excludes halogenated alkanes) is 5. The van der Waals surface area contributed by atoms with E-state index in [-0.39, 0.29) is 0 Å². The summed E-state index contributed by atoms with van der Waals surface area (Å²) in [7, 11) is 6.89. The number of anilines is 6. The van der Waals surface area contributed by atoms with Gasteiger partial charge in [-0.05, 0) is 110 Å². The van der Waals surface area contributed by atoms with E-state index in [4.69, 9.17) is 28.4 Å². The number of hydrogen-bond acceptors (Lipinski definition) is 8. The summed E-state index contributed by atoms with van der Waals surface area (Å²) in [4.78, 5) is 4.64. The molecule has 0 saturated heterocycles. The van der Waals surface area contributed by atoms with Crippen molar-refractivity contribution >= 4 is 77.2 Å². The predicted octanol–water partition coefficient (Wildman–Crippen LogP) is 17.1. The first-order valence-electron chi connectivity index (χ1n) is 24.9. The van der Waals surface area contributed by atoms with Crippen LogP contribution in [0.1, 0.15) is 38.5 Å². The number of fused-ring (bicyclic) bond motifs is 4. The van der Waals surface area contributed by atoms with Crippen molar-refractivity contribution < 1.29 is 28.4 Å². The Morgan fingerprint density at radius 1 is 0.264 bits per heavy atom. The first-order valence-corrected chi connectivity index (χ1v) is 24.9. The fourth-order valence-corrected chi connectivity index (χ4v) is 10.0. The van der Waals surface area contributed by atoms with Crippen LogP contribution in [0.15, 0.2) is 194 Å². The van der Waals surface area contributed by atoms with E-state index in [0.29, 0.717) is 13.2 Å². The third kappa shape index (κ3) is 9.73. The maximum atomic E-state index is 6.29. The maximum Gasteiger partial charge on any atom is 0.126 e. The standard InChI is InChI=1S/C64H60N2O6/c1-67-61-39-35-57(49-19-9-13-23-53(49)61)65(58-36-40-62(68-2)54-24-14-10-20-50(54)58)45-27-31-47(32-28-45)71-43-17-7-5-6-8-18-44-72-48-33-29-46(30-34-48)66(59-37-41-63(69-3)55-25-15-11-21-51(55)59)60-38-42-64(70-4)56-26-16-12-22-52(56)60/h9-16,19-42H,5-8,17-18,43-44H2,1-4H3. The Morgan fingerprint density at radius 3 is 0.778 bits per heavy atom. The topological polar surface area (TPSA) is 61.9 Å². The summed E-state index contributed by atoms with van der Waals surface area (Å²) in [5, 5.41) is 8.60. The molecule has 0 aliphatic heterocycles. The second-order valence-corrected chi connectivity index (χ2v) is 17.8. The fourth-order valence-electron chi connectivity index (χ4n) is 10.0. The number of rotatable bonds is 21. The second kappa shape index (κ2) is 22.2. The Bertz CT molecular complexity index is 3040. The van der Waals surface area contributed by atoms with Gasteiger partial charge in [-0.15, -0.1) is 0 Å². The van der Waals surface area contributed by atoms with Crippen molar-refractivity contribution in [1.29, 1.82) is 0 Å². The highest BCUT2D eigenvalue weighted by atomic mass is 16.5. The van der Waals surface area contributed by atoms with E-state index >= 15 is 0 Å². The molecule has 0 aromatic heterocycles. The van der Waals surface area contributed by atoms with E-state index in [0.717, 1.165) is 150 Å². The summed E-state index contributed by atoms with van der Waals surface area (Å²) in [6, 6.07) is 67.2. The van der Waals surface area contributed by atoms with Gasteiger partial charge in [0.15, 0.2) is 0 Å². The van der Waals surface area contributed by atoms with Crippen LogP contribution in [0.2, 0.25) is 0 Å². The molecule has 0 aliphatic rings. The van der Waals surface area contributed by atoms with E-state index in [1.807, 2.05) is 24.3 Å². The molecule has 0 spiro atoms. The molecule has 0 radical (unpaired) electrons. The third-order valence-corrected chi connectivity index (χ3v) is 13.6. The maximum absolute atomic E-state index is 6.29. The van der Waals surface area contributed by atoms with Gasteiger partial charge in [0.25, 0.3) is 0 Å². The molecule has 0 aliphatic carbocycles. The van der Waals surface area contributed by atoms with Crippen molar-refractivity contribution in [3.05, 3.63) is 194 Å². The lowest BCUT2D eigenvalue weighted by molar-refractivity contribution is 0.297. The number of benzene rings is 10. The predicted molar refractivity (Wildman–Crippen MR) is 297 cm³/mol. The minimum Gasteiger partial charge on any atom is -0.496 e. The molecule has 72 heavy (non-hydrogen) atoms. The number of ether oxygens (including phenoxy) is 6. The van der Waals surface area contributed by atoms with Crippen molar-refractivity contribution in [3.8, 4) is 34.5 Å². The summed E-state index contributed by atoms with van der Waals surface area (Å²) in [5.41, 5.74) is 6.27. The minimum absolute atomic E-state index is 0.676. The van der Waals surface area contributed by atoms with Crippen molar-refractivity contribution in [2.24, 2.45) is 0 Å². The molecule has 0 atom stereocenters. The number of hydrogen-bond donors (Lipinski definition) is 0. The van der Waals surface area contributed by atoms with E-state index < -0.39 is 0 Å². The summed E-state index contributed by atoms with van der Waals surface area (Å²) in [6.45, 7) is 1.35. The molecule has 0 saturated carbocycles. The molecular weight excluding hydrogens is 893 g/mol. The zero-order valence-electron chi connectivity index (χ0n) is 41.5. The van der Waals surface area contributed by atoms with Gasteiger partial charge in [0, 0.05) is 54.5 Å². The molecule has 0 N–H and O–H groups in total. The lowest BCUT2D eigenvalue weighted by Crippen LogP contribution is -2.11. The van der Waals surface area contributed by atoms with Gasteiger partial charge in [-0.25, -0.2) is 0 Å². The minimum atomic E-state index is 0.676. The van der Waals surface area contributed by atoms with Crippen LogP contribution in [0.5, 0.6) is 34.5 Å². The van der Waals surface area contributed by atoms with Crippen molar-refractivity contribution in [2.45, 2.75) is 38.5 Å². The molecule has 0 fully saturated rings. The van der Waals surface area contributed by atoms with Crippen LogP contribution in [-0.2, 0) is 0 Å². The summed E-state index contributed by atoms with van der Waals surface area (Å²) < 4.78 is 35.7. The Morgan fingerprint density at radius 2 is 0.514 bits per heavy atom. The smallest absolute Gasteiger partial charge is 0.126 e. The van der Waals surface area contributed by atoms with Crippen LogP contribution in [0.4, 0.5) is 34.1 Å². The van der Waals surface area contributed by atoms with Crippen LogP contribution in [0.25, 0.3) is 43.1 Å². The SMILES string of the molecule is COc1ccc(N(c2ccc(OCCCCCCCCOc3ccc(N(c4ccc(OC)c5ccccc45)c4ccc(OC)c5ccccc45)cc3)cc2)c2ccc(OC)c3ccccc23)c2ccccc12. The molecule has 0 unspecified atom stereocenters. The quantitative estimate of drug-likeness (QED) is 0.0660. The molecule has 0 bridgehead atoms. The van der Waals surface area contributed by atoms with Gasteiger partial charge in [0.1, 0.15) is 34.5 Å². The van der Waals surface area contributed by atoms with Crippen LogP contribution in [0, 0.1) is 0 Å². The highest BCUT2D eigenvalue weighted by molar-refractivity contribution is 6.09. The van der Waals surface area contributed by atoms with Crippen molar-refractivity contribution in [2.75, 3.05) is 51.5 Å². The Balaban J connectivity index is 0.737. The Hall–Kier alpha value is -8.36. The van der Waals surface area contributed by atoms with Gasteiger partial charge in [-0.3, -0.25) is 0 Å². The molecular formula is C64H60N2O6. The van der Waals surface area contributed by atoms with E-state index in [1.54, 1.807) is 28.4 Å². The monoisotopic (exact) mass is 952 g/mol. The lowest BCUT2D eigenvalue weighted by Gasteiger charge is -2.29. The fraction of sp³-hybridized carbons (Fsp3) is 0.188. The molecule has 0 amide bonds. The highest BCUT2D eigenvalue weighted by Crippen LogP contribution is 2.47. The average molecular weight is 953 g/mol. The summed E-state index contributed by atoms with van der Waals surface area (Å²) >= 11 is 0. The lowest BCUT2D eigenvalue weighted by atomic mass is 10.0. The van der Waals surface area contributed by atoms with Gasteiger partial charge in [0.05, 0.1) is 64.4 Å². The molecule has 362 valence electrons. The van der Waals surface area contributed by atoms with Crippen molar-refractivity contribution in [3.63, 3.8) is 0 Å². The highest BCUT2D eigenvalue weighted by Gasteiger charge is 2.22. The van der Waals surface area contributed by atoms with Crippen LogP contribution in [-0.4, -0.2) is 41.7 Å². The molecule has 10 aromatic carbocycles. The van der Waals surface area contributed by atoms with Gasteiger partial charge in [0.2, 0.25) is 0 Å². The zero-order chi connectivity index (χ0) is 49.2. The van der Waals surface area contributed by atoms with E-state index in [1.165, 1.54) is 0 Å². The van der Waals surface area contributed by atoms with Crippen LogP contribution >= 0.6 is 0 Å². The van der Waals surface area contributed by atoms with Crippen LogP contribution in [0.3, 0.4) is 0 Å². The van der Waals surface area contributed by atoms with Gasteiger partial charge in [-0.1, -0.05) is 123 Å². The van der Waals surface area contributed by atoms with E-state index in [2.05, 4.69) is 180 Å². The molecule has 0 heterocycles. The summed E-state index contributed by atoms with van der Waals surface area (Å²) in [5.74, 6) is 5.09. The Kier molecular flexibility index (Phi) is 14.6. The molecule has 10 rings (SSSR count). The number of nitrogens with zero attached hydrogens (tertiary/aromatic N) is 2. The number of methoxy groups -OCH3 is 4. The Labute approximate surface area is 422 Å². The van der Waals surface area contributed by atoms with Gasteiger partial charge < -0.3 is 38.2 Å². The van der Waals surface area contributed by atoms with E-state index in [9.17, 15) is 0 Å². The van der Waals surface area contributed by atoms with Gasteiger partial charge >= 0.3 is 0 Å². The molecule has 8 heteroatoms. The third-order valence-electron chi connectivity index (χ3n) is 13.6. The zero-order valence-corrected chi connectivity index (χ0v) is 41.5. The van der Waals surface area contributed by atoms with Gasteiger partial charge in [-0.2, -0.15) is 0 Å². The second-order valence-electron chi connectivity index (χ2n) is 17.8. The average Bonchev–Trinajstić information content (AvgIpc) is 3.44. The largest absolute Gasteiger partial charge is 0.496 e. The van der Waals surface area contributed by atoms with Crippen molar-refractivity contribution in [1.82, 2.24) is 0 Å². The first kappa shape index (κ1) is 47.3.